The van der Waals surface area contributed by atoms with E-state index < -0.39 is 0 Å². The fourth-order valence-electron chi connectivity index (χ4n) is 2.07. The van der Waals surface area contributed by atoms with Crippen molar-refractivity contribution in [2.24, 2.45) is 0 Å². The van der Waals surface area contributed by atoms with E-state index in [2.05, 4.69) is 12.1 Å². The van der Waals surface area contributed by atoms with Gasteiger partial charge in [0, 0.05) is 5.56 Å². The number of hydroxylamine groups is 1. The summed E-state index contributed by atoms with van der Waals surface area (Å²) < 4.78 is 5.67. The quantitative estimate of drug-likeness (QED) is 0.486. The molecule has 2 atom stereocenters. The summed E-state index contributed by atoms with van der Waals surface area (Å²) in [7, 11) is 0. The van der Waals surface area contributed by atoms with E-state index in [1.165, 1.54) is 0 Å². The van der Waals surface area contributed by atoms with E-state index in [-0.39, 0.29) is 17.1 Å². The third kappa shape index (κ3) is 2.85. The lowest BCUT2D eigenvalue weighted by atomic mass is 9.94. The van der Waals surface area contributed by atoms with Gasteiger partial charge in [0.15, 0.2) is 0 Å². The molecule has 1 amide bonds. The van der Waals surface area contributed by atoms with E-state index in [0.29, 0.717) is 12.2 Å². The highest BCUT2D eigenvalue weighted by atomic mass is 16.7. The SMILES string of the molecule is C=CCC1(C)OC1(C)CONC(=O)c1ccccc1. The van der Waals surface area contributed by atoms with E-state index in [9.17, 15) is 4.79 Å². The summed E-state index contributed by atoms with van der Waals surface area (Å²) in [5.41, 5.74) is 2.38. The zero-order chi connectivity index (χ0) is 13.9. The molecule has 1 fully saturated rings. The molecule has 0 aliphatic carbocycles. The number of ether oxygens (including phenoxy) is 1. The Morgan fingerprint density at radius 2 is 2.05 bits per heavy atom. The first kappa shape index (κ1) is 13.8. The Morgan fingerprint density at radius 3 is 2.68 bits per heavy atom. The summed E-state index contributed by atoms with van der Waals surface area (Å²) in [4.78, 5) is 17.0. The molecule has 0 spiro atoms. The third-order valence-corrected chi connectivity index (χ3v) is 3.61. The van der Waals surface area contributed by atoms with Crippen LogP contribution >= 0.6 is 0 Å². The maximum absolute atomic E-state index is 11.7. The van der Waals surface area contributed by atoms with Crippen LogP contribution in [0.1, 0.15) is 30.6 Å². The van der Waals surface area contributed by atoms with Crippen LogP contribution < -0.4 is 5.48 Å². The molecule has 0 radical (unpaired) electrons. The van der Waals surface area contributed by atoms with Crippen LogP contribution in [-0.2, 0) is 9.57 Å². The van der Waals surface area contributed by atoms with Gasteiger partial charge in [-0.05, 0) is 32.4 Å². The maximum Gasteiger partial charge on any atom is 0.274 e. The summed E-state index contributed by atoms with van der Waals surface area (Å²) in [5, 5.41) is 0. The largest absolute Gasteiger partial charge is 0.360 e. The number of benzene rings is 1. The maximum atomic E-state index is 11.7. The van der Waals surface area contributed by atoms with Crippen molar-refractivity contribution in [3.05, 3.63) is 48.6 Å². The number of carbonyl (C=O) groups is 1. The summed E-state index contributed by atoms with van der Waals surface area (Å²) >= 11 is 0. The predicted molar refractivity (Wildman–Crippen MR) is 72.6 cm³/mol. The molecule has 1 aliphatic rings. The Bertz CT molecular complexity index is 474. The average Bonchev–Trinajstić information content (AvgIpc) is 2.92. The Hall–Kier alpha value is -1.65. The van der Waals surface area contributed by atoms with E-state index in [1.54, 1.807) is 24.3 Å². The normalized spacial score (nSPS) is 28.7. The third-order valence-electron chi connectivity index (χ3n) is 3.61. The first-order valence-electron chi connectivity index (χ1n) is 6.29. The average molecular weight is 261 g/mol. The van der Waals surface area contributed by atoms with Crippen molar-refractivity contribution in [2.75, 3.05) is 6.61 Å². The van der Waals surface area contributed by atoms with Crippen LogP contribution in [0.2, 0.25) is 0 Å². The lowest BCUT2D eigenvalue weighted by Gasteiger charge is -2.12. The molecule has 0 bridgehead atoms. The minimum atomic E-state index is -0.370. The van der Waals surface area contributed by atoms with E-state index in [1.807, 2.05) is 26.0 Å². The van der Waals surface area contributed by atoms with Crippen LogP contribution in [0.15, 0.2) is 43.0 Å². The van der Waals surface area contributed by atoms with Crippen LogP contribution in [0, 0.1) is 0 Å². The van der Waals surface area contributed by atoms with E-state index in [4.69, 9.17) is 9.57 Å². The molecule has 4 nitrogen and oxygen atoms in total. The van der Waals surface area contributed by atoms with Gasteiger partial charge < -0.3 is 4.74 Å². The van der Waals surface area contributed by atoms with E-state index >= 15 is 0 Å². The topological polar surface area (TPSA) is 50.9 Å². The first-order valence-corrected chi connectivity index (χ1v) is 6.29. The highest BCUT2D eigenvalue weighted by molar-refractivity contribution is 5.93. The summed E-state index contributed by atoms with van der Waals surface area (Å²) in [6.45, 7) is 8.00. The molecule has 4 heteroatoms. The molecule has 0 aromatic heterocycles. The molecule has 1 N–H and O–H groups in total. The van der Waals surface area contributed by atoms with Gasteiger partial charge in [0.2, 0.25) is 0 Å². The number of carbonyl (C=O) groups excluding carboxylic acids is 1. The zero-order valence-electron chi connectivity index (χ0n) is 11.3. The lowest BCUT2D eigenvalue weighted by molar-refractivity contribution is 0.0114. The Kier molecular flexibility index (Phi) is 3.73. The van der Waals surface area contributed by atoms with Crippen LogP contribution in [-0.4, -0.2) is 23.7 Å². The molecule has 2 unspecified atom stereocenters. The number of amides is 1. The molecule has 1 aromatic carbocycles. The van der Waals surface area contributed by atoms with Crippen LogP contribution in [0.4, 0.5) is 0 Å². The number of hydrogen-bond acceptors (Lipinski definition) is 3. The van der Waals surface area contributed by atoms with Gasteiger partial charge in [-0.25, -0.2) is 5.48 Å². The van der Waals surface area contributed by atoms with Crippen molar-refractivity contribution < 1.29 is 14.4 Å². The van der Waals surface area contributed by atoms with Gasteiger partial charge in [-0.1, -0.05) is 24.3 Å². The molecule has 19 heavy (non-hydrogen) atoms. The molecule has 0 saturated carbocycles. The second kappa shape index (κ2) is 5.15. The predicted octanol–water partition coefficient (Wildman–Crippen LogP) is 2.47. The van der Waals surface area contributed by atoms with Gasteiger partial charge in [-0.15, -0.1) is 6.58 Å². The molecule has 1 aliphatic heterocycles. The summed E-state index contributed by atoms with van der Waals surface area (Å²) in [6.07, 6.45) is 2.59. The van der Waals surface area contributed by atoms with Crippen molar-refractivity contribution in [3.8, 4) is 0 Å². The fraction of sp³-hybridized carbons (Fsp3) is 0.400. The molecular weight excluding hydrogens is 242 g/mol. The Labute approximate surface area is 113 Å². The van der Waals surface area contributed by atoms with Crippen LogP contribution in [0.3, 0.4) is 0 Å². The van der Waals surface area contributed by atoms with Crippen molar-refractivity contribution in [3.63, 3.8) is 0 Å². The van der Waals surface area contributed by atoms with Crippen LogP contribution in [0.25, 0.3) is 0 Å². The highest BCUT2D eigenvalue weighted by Gasteiger charge is 2.62. The highest BCUT2D eigenvalue weighted by Crippen LogP contribution is 2.50. The number of epoxide rings is 1. The minimum absolute atomic E-state index is 0.244. The fourth-order valence-corrected chi connectivity index (χ4v) is 2.07. The molecule has 1 saturated heterocycles. The van der Waals surface area contributed by atoms with Crippen molar-refractivity contribution >= 4 is 5.91 Å². The molecule has 2 rings (SSSR count). The lowest BCUT2D eigenvalue weighted by Crippen LogP contribution is -2.32. The van der Waals surface area contributed by atoms with Crippen molar-refractivity contribution in [2.45, 2.75) is 31.5 Å². The summed E-state index contributed by atoms with van der Waals surface area (Å²) in [5.74, 6) is -0.254. The monoisotopic (exact) mass is 261 g/mol. The standard InChI is InChI=1S/C15H19NO3/c1-4-10-14(2)15(3,19-14)11-18-16-13(17)12-8-6-5-7-9-12/h4-9H,1,10-11H2,2-3H3,(H,16,17). The molecular formula is C15H19NO3. The van der Waals surface area contributed by atoms with Gasteiger partial charge in [0.05, 0.1) is 0 Å². The van der Waals surface area contributed by atoms with E-state index in [0.717, 1.165) is 6.42 Å². The van der Waals surface area contributed by atoms with Crippen LogP contribution in [0.5, 0.6) is 0 Å². The summed E-state index contributed by atoms with van der Waals surface area (Å²) in [6, 6.07) is 8.94. The van der Waals surface area contributed by atoms with Crippen molar-refractivity contribution in [1.29, 1.82) is 0 Å². The molecule has 102 valence electrons. The zero-order valence-corrected chi connectivity index (χ0v) is 11.3. The Balaban J connectivity index is 1.79. The molecule has 1 aromatic rings. The van der Waals surface area contributed by atoms with Crippen molar-refractivity contribution in [1.82, 2.24) is 5.48 Å². The van der Waals surface area contributed by atoms with Gasteiger partial charge in [-0.2, -0.15) is 0 Å². The van der Waals surface area contributed by atoms with Gasteiger partial charge >= 0.3 is 0 Å². The smallest absolute Gasteiger partial charge is 0.274 e. The van der Waals surface area contributed by atoms with Gasteiger partial charge in [0.25, 0.3) is 5.91 Å². The number of hydrogen-bond donors (Lipinski definition) is 1. The minimum Gasteiger partial charge on any atom is -0.360 e. The second-order valence-electron chi connectivity index (χ2n) is 5.14. The molecule has 1 heterocycles. The first-order chi connectivity index (χ1) is 9.01. The number of nitrogens with one attached hydrogen (secondary N) is 1. The number of rotatable bonds is 6. The van der Waals surface area contributed by atoms with Gasteiger partial charge in [-0.3, -0.25) is 9.63 Å². The van der Waals surface area contributed by atoms with Gasteiger partial charge in [0.1, 0.15) is 17.8 Å². The second-order valence-corrected chi connectivity index (χ2v) is 5.14. The Morgan fingerprint density at radius 1 is 1.37 bits per heavy atom.